The molecule has 0 radical (unpaired) electrons. The summed E-state index contributed by atoms with van der Waals surface area (Å²) in [5, 5.41) is 24.6. The Morgan fingerprint density at radius 3 is 2.81 bits per heavy atom. The molecule has 1 amide bonds. The van der Waals surface area contributed by atoms with Crippen LogP contribution in [0, 0.1) is 23.2 Å². The number of aromatic nitrogens is 3. The van der Waals surface area contributed by atoms with Crippen molar-refractivity contribution in [1.29, 1.82) is 5.26 Å². The van der Waals surface area contributed by atoms with E-state index in [0.717, 1.165) is 37.3 Å². The second-order valence-corrected chi connectivity index (χ2v) is 8.29. The van der Waals surface area contributed by atoms with Crippen molar-refractivity contribution in [3.63, 3.8) is 0 Å². The van der Waals surface area contributed by atoms with E-state index in [0.29, 0.717) is 11.5 Å². The summed E-state index contributed by atoms with van der Waals surface area (Å²) < 4.78 is 1.57. The van der Waals surface area contributed by atoms with Gasteiger partial charge in [0, 0.05) is 5.38 Å². The van der Waals surface area contributed by atoms with Crippen molar-refractivity contribution in [2.45, 2.75) is 58.0 Å². The molecule has 26 heavy (non-hydrogen) atoms. The number of carbonyl (C=O) groups is 1. The second kappa shape index (κ2) is 7.58. The summed E-state index contributed by atoms with van der Waals surface area (Å²) in [5.41, 5.74) is 0.790. The summed E-state index contributed by atoms with van der Waals surface area (Å²) in [4.78, 5) is 12.8. The van der Waals surface area contributed by atoms with Gasteiger partial charge in [0.05, 0.1) is 23.4 Å². The molecule has 1 aliphatic carbocycles. The lowest BCUT2D eigenvalue weighted by molar-refractivity contribution is 0.0813. The van der Waals surface area contributed by atoms with Gasteiger partial charge in [-0.15, -0.1) is 5.10 Å². The summed E-state index contributed by atoms with van der Waals surface area (Å²) in [5.74, 6) is 0.927. The average molecular weight is 372 g/mol. The number of thiophene rings is 1. The lowest BCUT2D eigenvalue weighted by Gasteiger charge is -2.40. The lowest BCUT2D eigenvalue weighted by atomic mass is 9.71. The fourth-order valence-electron chi connectivity index (χ4n) is 3.68. The maximum Gasteiger partial charge on any atom is 0.252 e. The first kappa shape index (κ1) is 18.6. The van der Waals surface area contributed by atoms with Crippen LogP contribution in [0.2, 0.25) is 0 Å². The smallest absolute Gasteiger partial charge is 0.252 e. The minimum atomic E-state index is -0.605. The molecule has 2 aromatic heterocycles. The van der Waals surface area contributed by atoms with Gasteiger partial charge >= 0.3 is 0 Å². The molecule has 1 saturated carbocycles. The first-order chi connectivity index (χ1) is 12.4. The van der Waals surface area contributed by atoms with Crippen LogP contribution in [-0.4, -0.2) is 20.9 Å². The standard InChI is InChI=1S/C19H25N5OS/c1-13-4-6-16(7-5-13)19(3,21-18(25)15-8-9-26-12-15)17-11-24(23-22-17)14(2)10-20/h8-9,11-14,16H,4-7H2,1-3H3,(H,21,25)/t13?,14-,16?,19-/m0/s1. The Bertz CT molecular complexity index is 785. The van der Waals surface area contributed by atoms with Gasteiger partial charge in [-0.1, -0.05) is 25.0 Å². The molecule has 3 rings (SSSR count). The van der Waals surface area contributed by atoms with Gasteiger partial charge in [-0.2, -0.15) is 16.6 Å². The van der Waals surface area contributed by atoms with E-state index < -0.39 is 5.54 Å². The molecule has 1 fully saturated rings. The average Bonchev–Trinajstić information content (AvgIpc) is 3.33. The number of nitrogens with zero attached hydrogens (tertiary/aromatic N) is 4. The fourth-order valence-corrected chi connectivity index (χ4v) is 4.31. The predicted octanol–water partition coefficient (Wildman–Crippen LogP) is 3.90. The maximum absolute atomic E-state index is 12.8. The van der Waals surface area contributed by atoms with Gasteiger partial charge in [0.1, 0.15) is 11.7 Å². The van der Waals surface area contributed by atoms with E-state index in [1.807, 2.05) is 23.8 Å². The molecule has 0 spiro atoms. The molecule has 138 valence electrons. The minimum Gasteiger partial charge on any atom is -0.341 e. The van der Waals surface area contributed by atoms with Gasteiger partial charge < -0.3 is 5.32 Å². The van der Waals surface area contributed by atoms with E-state index in [2.05, 4.69) is 28.6 Å². The summed E-state index contributed by atoms with van der Waals surface area (Å²) in [7, 11) is 0. The third kappa shape index (κ3) is 3.65. The molecule has 1 N–H and O–H groups in total. The van der Waals surface area contributed by atoms with Crippen molar-refractivity contribution in [1.82, 2.24) is 20.3 Å². The highest BCUT2D eigenvalue weighted by Crippen LogP contribution is 2.40. The maximum atomic E-state index is 12.8. The van der Waals surface area contributed by atoms with Crippen molar-refractivity contribution < 1.29 is 4.79 Å². The highest BCUT2D eigenvalue weighted by molar-refractivity contribution is 7.08. The zero-order valence-corrected chi connectivity index (χ0v) is 16.3. The van der Waals surface area contributed by atoms with E-state index in [-0.39, 0.29) is 11.9 Å². The zero-order chi connectivity index (χ0) is 18.7. The van der Waals surface area contributed by atoms with Crippen LogP contribution >= 0.6 is 11.3 Å². The number of nitrogens with one attached hydrogen (secondary N) is 1. The number of nitriles is 1. The molecule has 0 aromatic carbocycles. The van der Waals surface area contributed by atoms with Crippen LogP contribution in [-0.2, 0) is 5.54 Å². The van der Waals surface area contributed by atoms with Crippen molar-refractivity contribution in [3.8, 4) is 6.07 Å². The van der Waals surface area contributed by atoms with E-state index in [4.69, 9.17) is 5.26 Å². The number of hydrogen-bond donors (Lipinski definition) is 1. The largest absolute Gasteiger partial charge is 0.341 e. The second-order valence-electron chi connectivity index (χ2n) is 7.51. The number of amides is 1. The molecule has 6 nitrogen and oxygen atoms in total. The predicted molar refractivity (Wildman–Crippen MR) is 101 cm³/mol. The number of hydrogen-bond acceptors (Lipinski definition) is 5. The summed E-state index contributed by atoms with van der Waals surface area (Å²) in [6.45, 7) is 6.10. The molecule has 2 aromatic rings. The van der Waals surface area contributed by atoms with Crippen LogP contribution in [0.25, 0.3) is 0 Å². The number of rotatable bonds is 5. The molecule has 7 heteroatoms. The third-order valence-electron chi connectivity index (χ3n) is 5.61. The van der Waals surface area contributed by atoms with Gasteiger partial charge in [-0.3, -0.25) is 4.79 Å². The SMILES string of the molecule is CC1CCC([C@](C)(NC(=O)c2ccsc2)c2cn([C@@H](C)C#N)nn2)CC1. The topological polar surface area (TPSA) is 83.6 Å². The Hall–Kier alpha value is -2.20. The van der Waals surface area contributed by atoms with Crippen LogP contribution in [0.5, 0.6) is 0 Å². The summed E-state index contributed by atoms with van der Waals surface area (Å²) >= 11 is 1.51. The quantitative estimate of drug-likeness (QED) is 0.864. The Kier molecular flexibility index (Phi) is 5.42. The molecule has 2 heterocycles. The summed E-state index contributed by atoms with van der Waals surface area (Å²) in [6.07, 6.45) is 6.19. The zero-order valence-electron chi connectivity index (χ0n) is 15.5. The van der Waals surface area contributed by atoms with Crippen molar-refractivity contribution in [3.05, 3.63) is 34.3 Å². The molecule has 0 bridgehead atoms. The van der Waals surface area contributed by atoms with Gasteiger partial charge in [0.2, 0.25) is 0 Å². The summed E-state index contributed by atoms with van der Waals surface area (Å²) in [6, 6.07) is 3.61. The molecule has 0 unspecified atom stereocenters. The highest BCUT2D eigenvalue weighted by Gasteiger charge is 2.41. The Balaban J connectivity index is 1.91. The van der Waals surface area contributed by atoms with E-state index >= 15 is 0 Å². The van der Waals surface area contributed by atoms with E-state index in [1.54, 1.807) is 17.8 Å². The van der Waals surface area contributed by atoms with Crippen LogP contribution in [0.3, 0.4) is 0 Å². The van der Waals surface area contributed by atoms with Crippen LogP contribution < -0.4 is 5.32 Å². The molecule has 1 aliphatic rings. The monoisotopic (exact) mass is 371 g/mol. The van der Waals surface area contributed by atoms with Gasteiger partial charge in [-0.25, -0.2) is 4.68 Å². The van der Waals surface area contributed by atoms with Crippen molar-refractivity contribution in [2.75, 3.05) is 0 Å². The Labute approximate surface area is 158 Å². The van der Waals surface area contributed by atoms with Crippen LogP contribution in [0.15, 0.2) is 23.0 Å². The first-order valence-corrected chi connectivity index (χ1v) is 10.0. The molecule has 2 atom stereocenters. The van der Waals surface area contributed by atoms with Gasteiger partial charge in [-0.05, 0) is 50.0 Å². The molecular formula is C19H25N5OS. The molecule has 0 saturated heterocycles. The third-order valence-corrected chi connectivity index (χ3v) is 6.30. The Morgan fingerprint density at radius 2 is 2.19 bits per heavy atom. The molecular weight excluding hydrogens is 346 g/mol. The highest BCUT2D eigenvalue weighted by atomic mass is 32.1. The van der Waals surface area contributed by atoms with Crippen molar-refractivity contribution in [2.24, 2.45) is 11.8 Å². The minimum absolute atomic E-state index is 0.0877. The van der Waals surface area contributed by atoms with Gasteiger partial charge in [0.15, 0.2) is 0 Å². The van der Waals surface area contributed by atoms with E-state index in [1.165, 1.54) is 11.3 Å². The van der Waals surface area contributed by atoms with Gasteiger partial charge in [0.25, 0.3) is 5.91 Å². The molecule has 0 aliphatic heterocycles. The van der Waals surface area contributed by atoms with Crippen LogP contribution in [0.1, 0.15) is 68.5 Å². The Morgan fingerprint density at radius 1 is 1.46 bits per heavy atom. The lowest BCUT2D eigenvalue weighted by Crippen LogP contribution is -2.50. The van der Waals surface area contributed by atoms with E-state index in [9.17, 15) is 4.79 Å². The first-order valence-electron chi connectivity index (χ1n) is 9.10. The fraction of sp³-hybridized carbons (Fsp3) is 0.579. The van der Waals surface area contributed by atoms with Crippen LogP contribution in [0.4, 0.5) is 0 Å². The van der Waals surface area contributed by atoms with Crippen molar-refractivity contribution >= 4 is 17.2 Å². The number of carbonyl (C=O) groups excluding carboxylic acids is 1. The normalized spacial score (nSPS) is 23.6.